The summed E-state index contributed by atoms with van der Waals surface area (Å²) in [4.78, 5) is 7.28. The molecule has 0 spiro atoms. The van der Waals surface area contributed by atoms with Crippen LogP contribution in [-0.2, 0) is 12.8 Å². The Bertz CT molecular complexity index is 462. The number of nitrogens with one attached hydrogen (secondary N) is 1. The predicted octanol–water partition coefficient (Wildman–Crippen LogP) is 2.04. The highest BCUT2D eigenvalue weighted by Crippen LogP contribution is 2.28. The topological polar surface area (TPSA) is 53.9 Å². The van der Waals surface area contributed by atoms with Gasteiger partial charge in [-0.25, -0.2) is 4.98 Å². The van der Waals surface area contributed by atoms with Gasteiger partial charge < -0.3 is 5.32 Å². The first-order valence-corrected chi connectivity index (χ1v) is 8.04. The number of hydrogen-bond donors (Lipinski definition) is 1. The first-order chi connectivity index (χ1) is 9.81. The van der Waals surface area contributed by atoms with Gasteiger partial charge in [-0.1, -0.05) is 20.3 Å². The van der Waals surface area contributed by atoms with E-state index in [1.54, 1.807) is 0 Å². The molecule has 5 nitrogen and oxygen atoms in total. The third-order valence-corrected chi connectivity index (χ3v) is 4.68. The van der Waals surface area contributed by atoms with Gasteiger partial charge in [-0.15, -0.1) is 5.10 Å². The van der Waals surface area contributed by atoms with E-state index in [-0.39, 0.29) is 0 Å². The van der Waals surface area contributed by atoms with Gasteiger partial charge in [0.25, 0.3) is 0 Å². The molecular weight excluding hydrogens is 250 g/mol. The normalized spacial score (nSPS) is 26.5. The zero-order valence-corrected chi connectivity index (χ0v) is 12.6. The summed E-state index contributed by atoms with van der Waals surface area (Å²) < 4.78 is 0. The molecule has 0 amide bonds. The number of rotatable bonds is 4. The molecule has 3 heterocycles. The van der Waals surface area contributed by atoms with Crippen molar-refractivity contribution in [2.24, 2.45) is 0 Å². The van der Waals surface area contributed by atoms with Crippen LogP contribution >= 0.6 is 0 Å². The minimum absolute atomic E-state index is 0.495. The van der Waals surface area contributed by atoms with Gasteiger partial charge in [0.1, 0.15) is 0 Å². The highest BCUT2D eigenvalue weighted by Gasteiger charge is 2.35. The fourth-order valence-corrected chi connectivity index (χ4v) is 3.58. The van der Waals surface area contributed by atoms with Crippen LogP contribution in [0.3, 0.4) is 0 Å². The lowest BCUT2D eigenvalue weighted by atomic mass is 9.99. The molecule has 0 aliphatic carbocycles. The predicted molar refractivity (Wildman–Crippen MR) is 79.8 cm³/mol. The fraction of sp³-hybridized carbons (Fsp3) is 0.800. The van der Waals surface area contributed by atoms with Crippen LogP contribution in [0.2, 0.25) is 0 Å². The standard InChI is InChI=1S/C15H25N5/c1-3-11-12(4-2)18-19-15(16-11)17-13-8-10-20-9-6-5-7-14(13)20/h13-14H,3-10H2,1-2H3,(H,16,17,19). The molecule has 2 saturated heterocycles. The van der Waals surface area contributed by atoms with Gasteiger partial charge in [-0.2, -0.15) is 5.10 Å². The molecule has 1 aromatic rings. The van der Waals surface area contributed by atoms with Gasteiger partial charge in [0.05, 0.1) is 11.4 Å². The number of piperidine rings is 1. The second kappa shape index (κ2) is 6.04. The molecule has 1 aromatic heterocycles. The number of aryl methyl sites for hydroxylation is 2. The van der Waals surface area contributed by atoms with E-state index < -0.39 is 0 Å². The van der Waals surface area contributed by atoms with E-state index in [2.05, 4.69) is 39.2 Å². The molecule has 1 N–H and O–H groups in total. The van der Waals surface area contributed by atoms with Gasteiger partial charge >= 0.3 is 0 Å². The molecule has 3 rings (SSSR count). The quantitative estimate of drug-likeness (QED) is 0.911. The van der Waals surface area contributed by atoms with E-state index in [1.165, 1.54) is 38.8 Å². The average molecular weight is 275 g/mol. The maximum absolute atomic E-state index is 4.66. The van der Waals surface area contributed by atoms with Gasteiger partial charge in [-0.05, 0) is 38.6 Å². The summed E-state index contributed by atoms with van der Waals surface area (Å²) in [6.45, 7) is 6.71. The fourth-order valence-electron chi connectivity index (χ4n) is 3.58. The van der Waals surface area contributed by atoms with Gasteiger partial charge in [0.2, 0.25) is 5.95 Å². The molecule has 110 valence electrons. The summed E-state index contributed by atoms with van der Waals surface area (Å²) in [7, 11) is 0. The lowest BCUT2D eigenvalue weighted by Crippen LogP contribution is -2.42. The van der Waals surface area contributed by atoms with Crippen molar-refractivity contribution in [3.8, 4) is 0 Å². The molecule has 0 saturated carbocycles. The van der Waals surface area contributed by atoms with Crippen LogP contribution in [0.25, 0.3) is 0 Å². The number of nitrogens with zero attached hydrogens (tertiary/aromatic N) is 4. The Hall–Kier alpha value is -1.23. The molecule has 2 fully saturated rings. The summed E-state index contributed by atoms with van der Waals surface area (Å²) in [5.74, 6) is 0.719. The maximum atomic E-state index is 4.66. The van der Waals surface area contributed by atoms with Crippen LogP contribution < -0.4 is 5.32 Å². The lowest BCUT2D eigenvalue weighted by molar-refractivity contribution is 0.192. The summed E-state index contributed by atoms with van der Waals surface area (Å²) in [6, 6.07) is 1.16. The summed E-state index contributed by atoms with van der Waals surface area (Å²) in [5, 5.41) is 12.1. The van der Waals surface area contributed by atoms with Crippen LogP contribution in [0.15, 0.2) is 0 Å². The van der Waals surface area contributed by atoms with Crippen molar-refractivity contribution in [2.45, 2.75) is 64.5 Å². The van der Waals surface area contributed by atoms with Crippen LogP contribution in [0, 0.1) is 0 Å². The Labute approximate surface area is 121 Å². The van der Waals surface area contributed by atoms with Crippen molar-refractivity contribution in [3.05, 3.63) is 11.4 Å². The van der Waals surface area contributed by atoms with E-state index >= 15 is 0 Å². The molecule has 2 unspecified atom stereocenters. The number of fused-ring (bicyclic) bond motifs is 1. The molecule has 2 aliphatic heterocycles. The SMILES string of the molecule is CCc1nnc(NC2CCN3CCCCC23)nc1CC. The summed E-state index contributed by atoms with van der Waals surface area (Å²) in [6.07, 6.45) is 7.04. The van der Waals surface area contributed by atoms with Gasteiger partial charge in [0, 0.05) is 18.6 Å². The second-order valence-electron chi connectivity index (χ2n) is 5.87. The third kappa shape index (κ3) is 2.64. The second-order valence-corrected chi connectivity index (χ2v) is 5.87. The first-order valence-electron chi connectivity index (χ1n) is 8.04. The molecule has 0 radical (unpaired) electrons. The van der Waals surface area contributed by atoms with Crippen molar-refractivity contribution in [2.75, 3.05) is 18.4 Å². The Balaban J connectivity index is 1.71. The molecule has 0 bridgehead atoms. The number of aromatic nitrogens is 3. The first kappa shape index (κ1) is 13.7. The van der Waals surface area contributed by atoms with E-state index in [9.17, 15) is 0 Å². The number of anilines is 1. The Kier molecular flexibility index (Phi) is 4.15. The zero-order valence-electron chi connectivity index (χ0n) is 12.6. The van der Waals surface area contributed by atoms with Crippen LogP contribution in [0.4, 0.5) is 5.95 Å². The Morgan fingerprint density at radius 3 is 2.70 bits per heavy atom. The zero-order chi connectivity index (χ0) is 13.9. The van der Waals surface area contributed by atoms with Gasteiger partial charge in [0.15, 0.2) is 0 Å². The highest BCUT2D eigenvalue weighted by molar-refractivity contribution is 5.29. The maximum Gasteiger partial charge on any atom is 0.243 e. The third-order valence-electron chi connectivity index (χ3n) is 4.68. The minimum Gasteiger partial charge on any atom is -0.349 e. The smallest absolute Gasteiger partial charge is 0.243 e. The van der Waals surface area contributed by atoms with Crippen molar-refractivity contribution in [1.29, 1.82) is 0 Å². The van der Waals surface area contributed by atoms with Crippen LogP contribution in [-0.4, -0.2) is 45.3 Å². The van der Waals surface area contributed by atoms with E-state index in [4.69, 9.17) is 0 Å². The molecule has 2 aliphatic rings. The van der Waals surface area contributed by atoms with E-state index in [1.807, 2.05) is 0 Å². The van der Waals surface area contributed by atoms with Crippen molar-refractivity contribution < 1.29 is 0 Å². The van der Waals surface area contributed by atoms with E-state index in [0.29, 0.717) is 12.1 Å². The molecule has 5 heteroatoms. The van der Waals surface area contributed by atoms with Crippen LogP contribution in [0.1, 0.15) is 50.9 Å². The van der Waals surface area contributed by atoms with E-state index in [0.717, 1.165) is 30.2 Å². The largest absolute Gasteiger partial charge is 0.349 e. The monoisotopic (exact) mass is 275 g/mol. The Morgan fingerprint density at radius 2 is 1.90 bits per heavy atom. The Morgan fingerprint density at radius 1 is 1.05 bits per heavy atom. The molecule has 0 aromatic carbocycles. The van der Waals surface area contributed by atoms with Crippen molar-refractivity contribution in [3.63, 3.8) is 0 Å². The molecule has 20 heavy (non-hydrogen) atoms. The van der Waals surface area contributed by atoms with Crippen LogP contribution in [0.5, 0.6) is 0 Å². The van der Waals surface area contributed by atoms with Gasteiger partial charge in [-0.3, -0.25) is 4.90 Å². The summed E-state index contributed by atoms with van der Waals surface area (Å²) in [5.41, 5.74) is 2.12. The highest BCUT2D eigenvalue weighted by atomic mass is 15.3. The minimum atomic E-state index is 0.495. The van der Waals surface area contributed by atoms with Crippen molar-refractivity contribution in [1.82, 2.24) is 20.1 Å². The molecule has 2 atom stereocenters. The lowest BCUT2D eigenvalue weighted by Gasteiger charge is -2.32. The average Bonchev–Trinajstić information content (AvgIpc) is 2.90. The van der Waals surface area contributed by atoms with Crippen molar-refractivity contribution >= 4 is 5.95 Å². The summed E-state index contributed by atoms with van der Waals surface area (Å²) >= 11 is 0. The number of hydrogen-bond acceptors (Lipinski definition) is 5. The molecular formula is C15H25N5.